The van der Waals surface area contributed by atoms with Crippen molar-refractivity contribution < 1.29 is 13.9 Å². The molecular formula is C19H18ClFN4O2. The minimum atomic E-state index is -0.547. The van der Waals surface area contributed by atoms with E-state index in [0.717, 1.165) is 11.3 Å². The average molecular weight is 389 g/mol. The van der Waals surface area contributed by atoms with E-state index in [1.54, 1.807) is 17.2 Å². The van der Waals surface area contributed by atoms with Gasteiger partial charge in [0, 0.05) is 5.69 Å². The van der Waals surface area contributed by atoms with Crippen LogP contribution in [0.1, 0.15) is 25.3 Å². The Balaban J connectivity index is 1.73. The normalized spacial score (nSPS) is 10.9. The molecule has 0 aliphatic carbocycles. The van der Waals surface area contributed by atoms with Gasteiger partial charge in [-0.25, -0.2) is 4.39 Å². The predicted octanol–water partition coefficient (Wildman–Crippen LogP) is 4.20. The fourth-order valence-corrected chi connectivity index (χ4v) is 2.64. The Labute approximate surface area is 160 Å². The molecule has 1 amide bonds. The number of nitrogens with zero attached hydrogens (tertiary/aromatic N) is 3. The zero-order valence-electron chi connectivity index (χ0n) is 14.8. The lowest BCUT2D eigenvalue weighted by Crippen LogP contribution is -2.20. The molecule has 0 radical (unpaired) electrons. The van der Waals surface area contributed by atoms with Crippen LogP contribution >= 0.6 is 11.6 Å². The molecule has 0 spiro atoms. The first-order valence-corrected chi connectivity index (χ1v) is 8.68. The number of carbonyl (C=O) groups is 1. The third kappa shape index (κ3) is 4.62. The van der Waals surface area contributed by atoms with Gasteiger partial charge in [-0.3, -0.25) is 9.36 Å². The summed E-state index contributed by atoms with van der Waals surface area (Å²) in [6, 6.07) is 9.70. The van der Waals surface area contributed by atoms with Gasteiger partial charge in [-0.15, -0.1) is 10.2 Å². The predicted molar refractivity (Wildman–Crippen MR) is 101 cm³/mol. The highest BCUT2D eigenvalue weighted by Crippen LogP contribution is 2.27. The maximum Gasteiger partial charge on any atom is 0.262 e. The fraction of sp³-hybridized carbons (Fsp3) is 0.211. The Kier molecular flexibility index (Phi) is 5.71. The van der Waals surface area contributed by atoms with Crippen LogP contribution in [0.2, 0.25) is 5.02 Å². The highest BCUT2D eigenvalue weighted by atomic mass is 35.5. The molecular weight excluding hydrogens is 371 g/mol. The molecule has 0 saturated carbocycles. The minimum absolute atomic E-state index is 0.0621. The van der Waals surface area contributed by atoms with E-state index < -0.39 is 5.82 Å². The monoisotopic (exact) mass is 388 g/mol. The van der Waals surface area contributed by atoms with Gasteiger partial charge in [0.15, 0.2) is 6.61 Å². The number of benzene rings is 2. The van der Waals surface area contributed by atoms with E-state index in [9.17, 15) is 9.18 Å². The largest absolute Gasteiger partial charge is 0.482 e. The molecule has 140 valence electrons. The first kappa shape index (κ1) is 18.8. The zero-order valence-corrected chi connectivity index (χ0v) is 15.6. The molecule has 0 saturated heterocycles. The molecule has 0 aliphatic rings. The molecule has 1 N–H and O–H groups in total. The van der Waals surface area contributed by atoms with E-state index in [0.29, 0.717) is 17.4 Å². The van der Waals surface area contributed by atoms with E-state index in [4.69, 9.17) is 16.3 Å². The number of ether oxygens (including phenoxy) is 1. The minimum Gasteiger partial charge on any atom is -0.482 e. The number of anilines is 1. The van der Waals surface area contributed by atoms with Crippen LogP contribution in [-0.2, 0) is 4.79 Å². The average Bonchev–Trinajstić information content (AvgIpc) is 3.17. The maximum atomic E-state index is 13.2. The van der Waals surface area contributed by atoms with Gasteiger partial charge in [-0.1, -0.05) is 31.5 Å². The first-order valence-electron chi connectivity index (χ1n) is 8.30. The summed E-state index contributed by atoms with van der Waals surface area (Å²) in [6.07, 6.45) is 3.12. The number of rotatable bonds is 6. The molecule has 1 heterocycles. The van der Waals surface area contributed by atoms with Crippen LogP contribution in [0.4, 0.5) is 10.1 Å². The summed E-state index contributed by atoms with van der Waals surface area (Å²) in [5.41, 5.74) is 2.25. The van der Waals surface area contributed by atoms with Crippen LogP contribution in [0.25, 0.3) is 5.69 Å². The summed E-state index contributed by atoms with van der Waals surface area (Å²) in [5.74, 6) is -0.0812. The van der Waals surface area contributed by atoms with Gasteiger partial charge in [0.2, 0.25) is 0 Å². The molecule has 8 heteroatoms. The lowest BCUT2D eigenvalue weighted by molar-refractivity contribution is -0.118. The molecule has 1 aromatic heterocycles. The second kappa shape index (κ2) is 8.18. The van der Waals surface area contributed by atoms with Crippen molar-refractivity contribution in [3.8, 4) is 11.4 Å². The Morgan fingerprint density at radius 3 is 2.63 bits per heavy atom. The summed E-state index contributed by atoms with van der Waals surface area (Å²) in [6.45, 7) is 3.96. The van der Waals surface area contributed by atoms with Gasteiger partial charge in [0.25, 0.3) is 5.91 Å². The number of hydrogen-bond donors (Lipinski definition) is 1. The maximum absolute atomic E-state index is 13.2. The number of halogens is 2. The number of carbonyl (C=O) groups excluding carboxylic acids is 1. The van der Waals surface area contributed by atoms with Crippen molar-refractivity contribution in [2.24, 2.45) is 0 Å². The van der Waals surface area contributed by atoms with Crippen LogP contribution in [0, 0.1) is 5.82 Å². The molecule has 0 atom stereocenters. The molecule has 6 nitrogen and oxygen atoms in total. The van der Waals surface area contributed by atoms with E-state index in [-0.39, 0.29) is 17.5 Å². The summed E-state index contributed by atoms with van der Waals surface area (Å²) >= 11 is 5.72. The topological polar surface area (TPSA) is 69.0 Å². The lowest BCUT2D eigenvalue weighted by Gasteiger charge is -2.15. The standard InChI is InChI=1S/C19H18ClFN4O2/c1-12(2)13-3-6-18(17(7-13)25-10-22-23-11-25)27-9-19(26)24-14-4-5-16(21)15(20)8-14/h3-8,10-12H,9H2,1-2H3,(H,24,26). The van der Waals surface area contributed by atoms with E-state index in [1.165, 1.54) is 18.2 Å². The summed E-state index contributed by atoms with van der Waals surface area (Å²) < 4.78 is 20.6. The number of aromatic nitrogens is 3. The van der Waals surface area contributed by atoms with Crippen molar-refractivity contribution in [3.05, 3.63) is 65.5 Å². The smallest absolute Gasteiger partial charge is 0.262 e. The van der Waals surface area contributed by atoms with Crippen LogP contribution in [0.5, 0.6) is 5.75 Å². The van der Waals surface area contributed by atoms with Gasteiger partial charge >= 0.3 is 0 Å². The second-order valence-electron chi connectivity index (χ2n) is 6.22. The van der Waals surface area contributed by atoms with Gasteiger partial charge in [-0.2, -0.15) is 0 Å². The summed E-state index contributed by atoms with van der Waals surface area (Å²) in [5, 5.41) is 10.2. The Hall–Kier alpha value is -2.93. The molecule has 0 unspecified atom stereocenters. The summed E-state index contributed by atoms with van der Waals surface area (Å²) in [4.78, 5) is 12.2. The number of nitrogens with one attached hydrogen (secondary N) is 1. The quantitative estimate of drug-likeness (QED) is 0.687. The van der Waals surface area contributed by atoms with Gasteiger partial charge in [0.1, 0.15) is 24.2 Å². The number of hydrogen-bond acceptors (Lipinski definition) is 4. The SMILES string of the molecule is CC(C)c1ccc(OCC(=O)Nc2ccc(F)c(Cl)c2)c(-n2cnnc2)c1. The Morgan fingerprint density at radius 1 is 1.22 bits per heavy atom. The number of amides is 1. The van der Waals surface area contributed by atoms with Crippen molar-refractivity contribution in [2.75, 3.05) is 11.9 Å². The van der Waals surface area contributed by atoms with Crippen molar-refractivity contribution in [1.82, 2.24) is 14.8 Å². The molecule has 3 aromatic rings. The molecule has 0 bridgehead atoms. The molecule has 3 rings (SSSR count). The van der Waals surface area contributed by atoms with Gasteiger partial charge in [-0.05, 0) is 41.8 Å². The van der Waals surface area contributed by atoms with Gasteiger partial charge in [0.05, 0.1) is 10.7 Å². The third-order valence-electron chi connectivity index (χ3n) is 3.91. The second-order valence-corrected chi connectivity index (χ2v) is 6.62. The van der Waals surface area contributed by atoms with E-state index >= 15 is 0 Å². The fourth-order valence-electron chi connectivity index (χ4n) is 2.46. The van der Waals surface area contributed by atoms with Crippen LogP contribution < -0.4 is 10.1 Å². The molecule has 27 heavy (non-hydrogen) atoms. The zero-order chi connectivity index (χ0) is 19.4. The highest BCUT2D eigenvalue weighted by Gasteiger charge is 2.12. The van der Waals surface area contributed by atoms with Crippen molar-refractivity contribution in [1.29, 1.82) is 0 Å². The molecule has 0 aliphatic heterocycles. The van der Waals surface area contributed by atoms with E-state index in [1.807, 2.05) is 18.2 Å². The van der Waals surface area contributed by atoms with Crippen LogP contribution in [0.3, 0.4) is 0 Å². The highest BCUT2D eigenvalue weighted by molar-refractivity contribution is 6.31. The molecule has 2 aromatic carbocycles. The van der Waals surface area contributed by atoms with Crippen molar-refractivity contribution in [3.63, 3.8) is 0 Å². The third-order valence-corrected chi connectivity index (χ3v) is 4.20. The van der Waals surface area contributed by atoms with Gasteiger partial charge < -0.3 is 10.1 Å². The first-order chi connectivity index (χ1) is 12.9. The van der Waals surface area contributed by atoms with Crippen molar-refractivity contribution in [2.45, 2.75) is 19.8 Å². The summed E-state index contributed by atoms with van der Waals surface area (Å²) in [7, 11) is 0. The Bertz CT molecular complexity index is 945. The lowest BCUT2D eigenvalue weighted by atomic mass is 10.0. The van der Waals surface area contributed by atoms with Crippen LogP contribution in [0.15, 0.2) is 49.1 Å². The molecule has 0 fully saturated rings. The van der Waals surface area contributed by atoms with Crippen molar-refractivity contribution >= 4 is 23.2 Å². The van der Waals surface area contributed by atoms with E-state index in [2.05, 4.69) is 29.4 Å². The van der Waals surface area contributed by atoms with Crippen LogP contribution in [-0.4, -0.2) is 27.3 Å². The Morgan fingerprint density at radius 2 is 1.96 bits per heavy atom.